The molecule has 4 aromatic rings. The molecule has 34 heavy (non-hydrogen) atoms. The van der Waals surface area contributed by atoms with Crippen LogP contribution in [0.25, 0.3) is 21.5 Å². The van der Waals surface area contributed by atoms with Gasteiger partial charge in [0.25, 0.3) is 0 Å². The Morgan fingerprint density at radius 3 is 1.09 bits per heavy atom. The highest BCUT2D eigenvalue weighted by Crippen LogP contribution is 2.22. The van der Waals surface area contributed by atoms with Gasteiger partial charge in [0.1, 0.15) is 0 Å². The molecule has 0 fully saturated rings. The lowest BCUT2D eigenvalue weighted by Gasteiger charge is -2.05. The van der Waals surface area contributed by atoms with E-state index in [2.05, 4.69) is 98.8 Å². The molecule has 0 aliphatic heterocycles. The maximum atomic E-state index is 2.35. The summed E-state index contributed by atoms with van der Waals surface area (Å²) < 4.78 is 0. The number of fused-ring (bicyclic) bond motifs is 2. The number of rotatable bonds is 12. The van der Waals surface area contributed by atoms with Crippen molar-refractivity contribution in [2.75, 3.05) is 0 Å². The zero-order valence-corrected chi connectivity index (χ0v) is 21.6. The molecule has 0 amide bonds. The second kappa shape index (κ2) is 15.3. The second-order valence-corrected chi connectivity index (χ2v) is 9.69. The Bertz CT molecular complexity index is 969. The molecule has 4 rings (SSSR count). The zero-order chi connectivity index (χ0) is 23.8. The molecule has 0 aliphatic carbocycles. The summed E-state index contributed by atoms with van der Waals surface area (Å²) in [6.45, 7) is 4.56. The molecule has 180 valence electrons. The minimum absolute atomic E-state index is 1.26. The van der Waals surface area contributed by atoms with Crippen molar-refractivity contribution in [3.63, 3.8) is 0 Å². The van der Waals surface area contributed by atoms with E-state index >= 15 is 0 Å². The Morgan fingerprint density at radius 1 is 0.382 bits per heavy atom. The highest BCUT2D eigenvalue weighted by atomic mass is 14.0. The quantitative estimate of drug-likeness (QED) is 0.148. The van der Waals surface area contributed by atoms with Gasteiger partial charge in [-0.05, 0) is 70.5 Å². The Labute approximate surface area is 208 Å². The lowest BCUT2D eigenvalue weighted by molar-refractivity contribution is 0.607. The molecule has 0 heteroatoms. The van der Waals surface area contributed by atoms with Crippen molar-refractivity contribution in [3.05, 3.63) is 96.1 Å². The number of hydrogen-bond donors (Lipinski definition) is 0. The Kier molecular flexibility index (Phi) is 11.7. The van der Waals surface area contributed by atoms with E-state index in [0.717, 1.165) is 0 Å². The van der Waals surface area contributed by atoms with Gasteiger partial charge in [0.05, 0.1) is 0 Å². The van der Waals surface area contributed by atoms with Crippen LogP contribution >= 0.6 is 0 Å². The summed E-state index contributed by atoms with van der Waals surface area (Å²) >= 11 is 0. The molecule has 0 unspecified atom stereocenters. The van der Waals surface area contributed by atoms with Crippen molar-refractivity contribution in [3.8, 4) is 0 Å². The average molecular weight is 453 g/mol. The highest BCUT2D eigenvalue weighted by molar-refractivity contribution is 5.98. The smallest absolute Gasteiger partial charge is 0.0178 e. The molecule has 0 nitrogen and oxygen atoms in total. The monoisotopic (exact) mass is 452 g/mol. The van der Waals surface area contributed by atoms with Gasteiger partial charge in [0.15, 0.2) is 0 Å². The van der Waals surface area contributed by atoms with E-state index in [9.17, 15) is 0 Å². The van der Waals surface area contributed by atoms with E-state index in [-0.39, 0.29) is 0 Å². The first-order valence-corrected chi connectivity index (χ1v) is 13.8. The fourth-order valence-corrected chi connectivity index (χ4v) is 4.62. The first-order chi connectivity index (χ1) is 16.8. The summed E-state index contributed by atoms with van der Waals surface area (Å²) in [4.78, 5) is 0. The van der Waals surface area contributed by atoms with Crippen molar-refractivity contribution in [2.24, 2.45) is 0 Å². The predicted molar refractivity (Wildman–Crippen MR) is 153 cm³/mol. The van der Waals surface area contributed by atoms with Gasteiger partial charge in [-0.1, -0.05) is 138 Å². The number of benzene rings is 4. The summed E-state index contributed by atoms with van der Waals surface area (Å²) in [5, 5.41) is 5.25. The van der Waals surface area contributed by atoms with Crippen LogP contribution in [-0.2, 0) is 12.8 Å². The number of hydrogen-bond acceptors (Lipinski definition) is 0. The Hall–Kier alpha value is -2.60. The number of unbranched alkanes of at least 4 members (excludes halogenated alkanes) is 8. The van der Waals surface area contributed by atoms with Crippen molar-refractivity contribution in [1.29, 1.82) is 0 Å². The first-order valence-electron chi connectivity index (χ1n) is 13.8. The molecule has 0 N–H and O–H groups in total. The lowest BCUT2D eigenvalue weighted by atomic mass is 10.0. The molecule has 0 atom stereocenters. The minimum Gasteiger partial charge on any atom is -0.0654 e. The Balaban J connectivity index is 0.000000201. The van der Waals surface area contributed by atoms with Crippen LogP contribution in [0.3, 0.4) is 0 Å². The SMILES string of the molecule is CCCCCCCCc1ccc(CCCCCC)cc1.c1ccc2cc3ccccc3cc2c1. The topological polar surface area (TPSA) is 0 Å². The van der Waals surface area contributed by atoms with Crippen molar-refractivity contribution in [1.82, 2.24) is 0 Å². The summed E-state index contributed by atoms with van der Waals surface area (Å²) in [7, 11) is 0. The summed E-state index contributed by atoms with van der Waals surface area (Å²) in [5.74, 6) is 0. The fraction of sp³-hybridized carbons (Fsp3) is 0.412. The van der Waals surface area contributed by atoms with Gasteiger partial charge in [-0.3, -0.25) is 0 Å². The molecule has 0 aromatic heterocycles. The average Bonchev–Trinajstić information content (AvgIpc) is 2.88. The minimum atomic E-state index is 1.26. The molecule has 0 spiro atoms. The van der Waals surface area contributed by atoms with E-state index < -0.39 is 0 Å². The highest BCUT2D eigenvalue weighted by Gasteiger charge is 1.97. The van der Waals surface area contributed by atoms with E-state index in [0.29, 0.717) is 0 Å². The van der Waals surface area contributed by atoms with Crippen molar-refractivity contribution < 1.29 is 0 Å². The van der Waals surface area contributed by atoms with Gasteiger partial charge in [-0.2, -0.15) is 0 Å². The molecule has 0 heterocycles. The van der Waals surface area contributed by atoms with Crippen LogP contribution < -0.4 is 0 Å². The maximum absolute atomic E-state index is 2.35. The summed E-state index contributed by atoms with van der Waals surface area (Å²) in [6.07, 6.45) is 16.3. The zero-order valence-electron chi connectivity index (χ0n) is 21.6. The summed E-state index contributed by atoms with van der Waals surface area (Å²) in [6, 6.07) is 30.8. The van der Waals surface area contributed by atoms with E-state index in [1.165, 1.54) is 110 Å². The first kappa shape index (κ1) is 26.0. The lowest BCUT2D eigenvalue weighted by Crippen LogP contribution is -1.89. The molecule has 0 saturated carbocycles. The molecular formula is C34H44. The van der Waals surface area contributed by atoms with Crippen LogP contribution in [0, 0.1) is 0 Å². The third-order valence-corrected chi connectivity index (χ3v) is 6.78. The van der Waals surface area contributed by atoms with Crippen LogP contribution in [0.5, 0.6) is 0 Å². The van der Waals surface area contributed by atoms with Crippen LogP contribution in [0.4, 0.5) is 0 Å². The molecule has 0 saturated heterocycles. The van der Waals surface area contributed by atoms with E-state index in [1.807, 2.05) is 0 Å². The van der Waals surface area contributed by atoms with Gasteiger partial charge in [0.2, 0.25) is 0 Å². The van der Waals surface area contributed by atoms with Gasteiger partial charge in [-0.15, -0.1) is 0 Å². The normalized spacial score (nSPS) is 10.9. The van der Waals surface area contributed by atoms with Crippen molar-refractivity contribution in [2.45, 2.75) is 90.9 Å². The van der Waals surface area contributed by atoms with Crippen molar-refractivity contribution >= 4 is 21.5 Å². The van der Waals surface area contributed by atoms with E-state index in [4.69, 9.17) is 0 Å². The largest absolute Gasteiger partial charge is 0.0654 e. The van der Waals surface area contributed by atoms with E-state index in [1.54, 1.807) is 0 Å². The summed E-state index contributed by atoms with van der Waals surface area (Å²) in [5.41, 5.74) is 3.05. The van der Waals surface area contributed by atoms with Crippen LogP contribution in [0.2, 0.25) is 0 Å². The second-order valence-electron chi connectivity index (χ2n) is 9.69. The molecule has 0 bridgehead atoms. The molecule has 0 radical (unpaired) electrons. The maximum Gasteiger partial charge on any atom is -0.0178 e. The van der Waals surface area contributed by atoms with Crippen LogP contribution in [0.15, 0.2) is 84.9 Å². The molecule has 0 aliphatic rings. The predicted octanol–water partition coefficient (Wildman–Crippen LogP) is 10.7. The van der Waals surface area contributed by atoms with Gasteiger partial charge >= 0.3 is 0 Å². The van der Waals surface area contributed by atoms with Gasteiger partial charge in [0, 0.05) is 0 Å². The number of aryl methyl sites for hydroxylation is 2. The van der Waals surface area contributed by atoms with Crippen LogP contribution in [-0.4, -0.2) is 0 Å². The standard InChI is InChI=1S/C20H34.C14H10/c1-3-5-7-9-10-12-14-20-17-15-19(16-18-20)13-11-8-6-4-2;1-2-6-12-10-14-8-4-3-7-13(14)9-11(12)5-1/h15-18H,3-14H2,1-2H3;1-10H. The molecular weight excluding hydrogens is 408 g/mol. The molecule has 4 aromatic carbocycles. The fourth-order valence-electron chi connectivity index (χ4n) is 4.62. The third kappa shape index (κ3) is 8.98. The van der Waals surface area contributed by atoms with Gasteiger partial charge in [-0.25, -0.2) is 0 Å². The Morgan fingerprint density at radius 2 is 0.706 bits per heavy atom. The van der Waals surface area contributed by atoms with Gasteiger partial charge < -0.3 is 0 Å². The third-order valence-electron chi connectivity index (χ3n) is 6.78. The van der Waals surface area contributed by atoms with Crippen LogP contribution in [0.1, 0.15) is 89.2 Å².